The molecule has 2 heterocycles. The molecule has 4 rings (SSSR count). The van der Waals surface area contributed by atoms with E-state index in [4.69, 9.17) is 9.90 Å². The molecule has 0 amide bonds. The van der Waals surface area contributed by atoms with Crippen molar-refractivity contribution >= 4 is 12.4 Å². The van der Waals surface area contributed by atoms with Gasteiger partial charge in [-0.25, -0.2) is 0 Å². The maximum Gasteiger partial charge on any atom is 0.290 e. The summed E-state index contributed by atoms with van der Waals surface area (Å²) >= 11 is 0. The SMILES string of the molecule is CN(CC1Cc2ccccc2CN1C)c1nnnn1-c1ccccc1.O=CO. The first kappa shape index (κ1) is 19.5. The molecule has 28 heavy (non-hydrogen) atoms. The van der Waals surface area contributed by atoms with Gasteiger partial charge in [0.15, 0.2) is 0 Å². The fourth-order valence-corrected chi connectivity index (χ4v) is 3.48. The van der Waals surface area contributed by atoms with Crippen LogP contribution in [0.1, 0.15) is 11.1 Å². The highest BCUT2D eigenvalue weighted by Gasteiger charge is 2.25. The molecule has 2 aromatic carbocycles. The molecule has 0 bridgehead atoms. The molecule has 1 aromatic heterocycles. The Morgan fingerprint density at radius 1 is 1.14 bits per heavy atom. The van der Waals surface area contributed by atoms with E-state index in [0.717, 1.165) is 31.1 Å². The number of hydrogen-bond donors (Lipinski definition) is 1. The van der Waals surface area contributed by atoms with Crippen LogP contribution >= 0.6 is 0 Å². The summed E-state index contributed by atoms with van der Waals surface area (Å²) in [4.78, 5) is 12.9. The third-order valence-corrected chi connectivity index (χ3v) is 4.90. The van der Waals surface area contributed by atoms with E-state index in [9.17, 15) is 0 Å². The Kier molecular flexibility index (Phi) is 6.33. The largest absolute Gasteiger partial charge is 0.483 e. The zero-order valence-corrected chi connectivity index (χ0v) is 16.0. The van der Waals surface area contributed by atoms with Crippen molar-refractivity contribution in [3.8, 4) is 5.69 Å². The first-order valence-corrected chi connectivity index (χ1v) is 9.04. The Labute approximate surface area is 164 Å². The van der Waals surface area contributed by atoms with Gasteiger partial charge >= 0.3 is 0 Å². The van der Waals surface area contributed by atoms with E-state index in [1.165, 1.54) is 11.1 Å². The fraction of sp³-hybridized carbons (Fsp3) is 0.300. The highest BCUT2D eigenvalue weighted by atomic mass is 16.3. The average Bonchev–Trinajstić information content (AvgIpc) is 3.20. The van der Waals surface area contributed by atoms with Crippen molar-refractivity contribution in [2.45, 2.75) is 19.0 Å². The normalized spacial score (nSPS) is 15.9. The number of carboxylic acid groups (broad SMARTS) is 1. The lowest BCUT2D eigenvalue weighted by Crippen LogP contribution is -2.45. The van der Waals surface area contributed by atoms with E-state index in [0.29, 0.717) is 6.04 Å². The predicted molar refractivity (Wildman–Crippen MR) is 107 cm³/mol. The molecule has 0 aliphatic carbocycles. The standard InChI is InChI=1S/C19H22N6.CH2O2/c1-23-13-16-9-7-6-8-15(16)12-18(23)14-24(2)19-20-21-22-25(19)17-10-4-3-5-11-17;2-1-3/h3-11,18H,12-14H2,1-2H3;1H,(H,2,3). The molecular formula is C20H24N6O2. The number of rotatable bonds is 4. The number of fused-ring (bicyclic) bond motifs is 1. The van der Waals surface area contributed by atoms with Gasteiger partial charge in [0.05, 0.1) is 5.69 Å². The summed E-state index contributed by atoms with van der Waals surface area (Å²) in [5, 5.41) is 19.2. The van der Waals surface area contributed by atoms with Crippen LogP contribution in [0.15, 0.2) is 54.6 Å². The van der Waals surface area contributed by atoms with Gasteiger partial charge in [0.2, 0.25) is 5.95 Å². The van der Waals surface area contributed by atoms with Crippen LogP contribution in [0.5, 0.6) is 0 Å². The summed E-state index contributed by atoms with van der Waals surface area (Å²) in [6.45, 7) is 1.61. The maximum atomic E-state index is 8.36. The zero-order valence-electron chi connectivity index (χ0n) is 16.0. The van der Waals surface area contributed by atoms with Gasteiger partial charge in [-0.2, -0.15) is 4.68 Å². The molecule has 0 saturated heterocycles. The predicted octanol–water partition coefficient (Wildman–Crippen LogP) is 1.86. The van der Waals surface area contributed by atoms with Crippen LogP contribution in [0.25, 0.3) is 5.69 Å². The Balaban J connectivity index is 0.000000706. The average molecular weight is 380 g/mol. The number of hydrogen-bond acceptors (Lipinski definition) is 6. The van der Waals surface area contributed by atoms with E-state index in [-0.39, 0.29) is 6.47 Å². The molecule has 1 N–H and O–H groups in total. The maximum absolute atomic E-state index is 8.36. The molecule has 8 heteroatoms. The number of para-hydroxylation sites is 1. The van der Waals surface area contributed by atoms with Crippen LogP contribution in [0.3, 0.4) is 0 Å². The van der Waals surface area contributed by atoms with Crippen LogP contribution in [-0.4, -0.2) is 63.4 Å². The molecule has 1 aliphatic heterocycles. The van der Waals surface area contributed by atoms with E-state index in [1.54, 1.807) is 4.68 Å². The smallest absolute Gasteiger partial charge is 0.290 e. The number of tetrazole rings is 1. The van der Waals surface area contributed by atoms with E-state index < -0.39 is 0 Å². The molecule has 0 spiro atoms. The summed E-state index contributed by atoms with van der Waals surface area (Å²) in [7, 11) is 4.24. The van der Waals surface area contributed by atoms with Crippen molar-refractivity contribution < 1.29 is 9.90 Å². The second-order valence-corrected chi connectivity index (χ2v) is 6.75. The van der Waals surface area contributed by atoms with Crippen molar-refractivity contribution in [3.63, 3.8) is 0 Å². The van der Waals surface area contributed by atoms with Crippen LogP contribution in [0.4, 0.5) is 5.95 Å². The first-order valence-electron chi connectivity index (χ1n) is 9.04. The Hall–Kier alpha value is -3.26. The Bertz CT molecular complexity index is 898. The molecule has 1 unspecified atom stereocenters. The van der Waals surface area contributed by atoms with Crippen LogP contribution in [-0.2, 0) is 17.8 Å². The van der Waals surface area contributed by atoms with E-state index >= 15 is 0 Å². The van der Waals surface area contributed by atoms with Gasteiger partial charge in [0.1, 0.15) is 0 Å². The van der Waals surface area contributed by atoms with E-state index in [2.05, 4.69) is 63.7 Å². The molecular weight excluding hydrogens is 356 g/mol. The summed E-state index contributed by atoms with van der Waals surface area (Å²) in [6, 6.07) is 19.1. The lowest BCUT2D eigenvalue weighted by molar-refractivity contribution is -0.122. The molecule has 1 atom stereocenters. The number of anilines is 1. The molecule has 8 nitrogen and oxygen atoms in total. The van der Waals surface area contributed by atoms with Crippen molar-refractivity contribution in [1.82, 2.24) is 25.1 Å². The van der Waals surface area contributed by atoms with Gasteiger partial charge in [0, 0.05) is 26.2 Å². The Morgan fingerprint density at radius 3 is 2.50 bits per heavy atom. The number of aromatic nitrogens is 4. The Morgan fingerprint density at radius 2 is 1.79 bits per heavy atom. The van der Waals surface area contributed by atoms with Crippen LogP contribution in [0, 0.1) is 0 Å². The van der Waals surface area contributed by atoms with Gasteiger partial charge in [-0.3, -0.25) is 9.69 Å². The van der Waals surface area contributed by atoms with Gasteiger partial charge in [0.25, 0.3) is 6.47 Å². The lowest BCUT2D eigenvalue weighted by atomic mass is 9.94. The summed E-state index contributed by atoms with van der Waals surface area (Å²) in [5.74, 6) is 0.762. The van der Waals surface area contributed by atoms with E-state index in [1.807, 2.05) is 30.3 Å². The van der Waals surface area contributed by atoms with Crippen LogP contribution < -0.4 is 4.90 Å². The van der Waals surface area contributed by atoms with Gasteiger partial charge in [-0.1, -0.05) is 47.6 Å². The fourth-order valence-electron chi connectivity index (χ4n) is 3.48. The van der Waals surface area contributed by atoms with Crippen molar-refractivity contribution in [2.24, 2.45) is 0 Å². The number of benzene rings is 2. The number of nitrogens with zero attached hydrogens (tertiary/aromatic N) is 6. The van der Waals surface area contributed by atoms with Crippen LogP contribution in [0.2, 0.25) is 0 Å². The van der Waals surface area contributed by atoms with Gasteiger partial charge < -0.3 is 10.0 Å². The lowest BCUT2D eigenvalue weighted by Gasteiger charge is -2.36. The second kappa shape index (κ2) is 9.09. The zero-order chi connectivity index (χ0) is 19.9. The first-order chi connectivity index (χ1) is 13.6. The second-order valence-electron chi connectivity index (χ2n) is 6.75. The minimum atomic E-state index is -0.250. The third kappa shape index (κ3) is 4.34. The molecule has 3 aromatic rings. The van der Waals surface area contributed by atoms with Gasteiger partial charge in [-0.05, 0) is 47.2 Å². The minimum Gasteiger partial charge on any atom is -0.483 e. The summed E-state index contributed by atoms with van der Waals surface area (Å²) < 4.78 is 1.79. The molecule has 1 aliphatic rings. The summed E-state index contributed by atoms with van der Waals surface area (Å²) in [5.41, 5.74) is 3.84. The molecule has 0 saturated carbocycles. The highest BCUT2D eigenvalue weighted by molar-refractivity contribution is 5.40. The number of carbonyl (C=O) groups is 1. The topological polar surface area (TPSA) is 87.4 Å². The molecule has 0 radical (unpaired) electrons. The highest BCUT2D eigenvalue weighted by Crippen LogP contribution is 2.23. The quantitative estimate of drug-likeness (QED) is 0.691. The van der Waals surface area contributed by atoms with Crippen molar-refractivity contribution in [1.29, 1.82) is 0 Å². The van der Waals surface area contributed by atoms with Crippen molar-refractivity contribution in [2.75, 3.05) is 25.5 Å². The van der Waals surface area contributed by atoms with Gasteiger partial charge in [-0.15, -0.1) is 0 Å². The number of likely N-dealkylation sites (N-methyl/N-ethyl adjacent to an activating group) is 2. The third-order valence-electron chi connectivity index (χ3n) is 4.90. The monoisotopic (exact) mass is 380 g/mol. The molecule has 0 fully saturated rings. The minimum absolute atomic E-state index is 0.250. The van der Waals surface area contributed by atoms with Crippen molar-refractivity contribution in [3.05, 3.63) is 65.7 Å². The summed E-state index contributed by atoms with van der Waals surface area (Å²) in [6.07, 6.45) is 1.05. The molecule has 146 valence electrons.